The molecule has 1 spiro atoms. The number of benzene rings is 1. The van der Waals surface area contributed by atoms with Crippen molar-refractivity contribution in [3.8, 4) is 0 Å². The second-order valence-electron chi connectivity index (χ2n) is 5.14. The largest absolute Gasteiger partial charge is 0.325 e. The maximum absolute atomic E-state index is 12.3. The molecule has 0 unspecified atom stereocenters. The third-order valence-electron chi connectivity index (χ3n) is 4.14. The van der Waals surface area contributed by atoms with Crippen LogP contribution in [0.15, 0.2) is 18.2 Å². The molecule has 2 aliphatic rings. The van der Waals surface area contributed by atoms with Crippen LogP contribution in [0, 0.1) is 0 Å². The first-order valence-corrected chi connectivity index (χ1v) is 6.72. The molecule has 1 saturated carbocycles. The molecular formula is C14H16ClNO. The summed E-state index contributed by atoms with van der Waals surface area (Å²) in [5.41, 5.74) is 1.79. The molecule has 0 bridgehead atoms. The Labute approximate surface area is 106 Å². The van der Waals surface area contributed by atoms with E-state index in [-0.39, 0.29) is 11.3 Å². The zero-order valence-electron chi connectivity index (χ0n) is 9.76. The number of halogens is 1. The molecule has 90 valence electrons. The van der Waals surface area contributed by atoms with E-state index in [0.717, 1.165) is 42.0 Å². The van der Waals surface area contributed by atoms with Gasteiger partial charge in [-0.15, -0.1) is 0 Å². The van der Waals surface area contributed by atoms with E-state index >= 15 is 0 Å². The molecule has 1 aromatic carbocycles. The Hall–Kier alpha value is -1.02. The lowest BCUT2D eigenvalue weighted by atomic mass is 9.75. The van der Waals surface area contributed by atoms with Gasteiger partial charge in [-0.3, -0.25) is 4.79 Å². The van der Waals surface area contributed by atoms with Crippen LogP contribution in [0.1, 0.15) is 44.1 Å². The van der Waals surface area contributed by atoms with Gasteiger partial charge in [-0.2, -0.15) is 0 Å². The van der Waals surface area contributed by atoms with Gasteiger partial charge in [0, 0.05) is 10.7 Å². The monoisotopic (exact) mass is 249 g/mol. The molecule has 1 fully saturated rings. The molecule has 2 nitrogen and oxygen atoms in total. The predicted molar refractivity (Wildman–Crippen MR) is 69.5 cm³/mol. The quantitative estimate of drug-likeness (QED) is 0.743. The fourth-order valence-electron chi connectivity index (χ4n) is 3.21. The molecule has 1 aromatic rings. The van der Waals surface area contributed by atoms with Gasteiger partial charge in [-0.05, 0) is 36.6 Å². The number of hydrogen-bond donors (Lipinski definition) is 1. The van der Waals surface area contributed by atoms with Crippen molar-refractivity contribution in [2.24, 2.45) is 0 Å². The minimum absolute atomic E-state index is 0.177. The summed E-state index contributed by atoms with van der Waals surface area (Å²) in [6.07, 6.45) is 6.69. The summed E-state index contributed by atoms with van der Waals surface area (Å²) >= 11 is 6.08. The van der Waals surface area contributed by atoms with Gasteiger partial charge in [0.05, 0.1) is 5.41 Å². The first kappa shape index (κ1) is 11.1. The molecule has 1 N–H and O–H groups in total. The second-order valence-corrected chi connectivity index (χ2v) is 5.58. The fraction of sp³-hybridized carbons (Fsp3) is 0.500. The Kier molecular flexibility index (Phi) is 2.62. The molecular weight excluding hydrogens is 234 g/mol. The average Bonchev–Trinajstić information content (AvgIpc) is 2.52. The zero-order chi connectivity index (χ0) is 11.9. The smallest absolute Gasteiger partial charge is 0.235 e. The van der Waals surface area contributed by atoms with Gasteiger partial charge in [-0.25, -0.2) is 0 Å². The summed E-state index contributed by atoms with van der Waals surface area (Å²) in [6.45, 7) is 0. The Bertz CT molecular complexity index is 461. The molecule has 1 aliphatic carbocycles. The Morgan fingerprint density at radius 1 is 1.12 bits per heavy atom. The van der Waals surface area contributed by atoms with Crippen LogP contribution in [-0.4, -0.2) is 5.91 Å². The minimum Gasteiger partial charge on any atom is -0.325 e. The number of rotatable bonds is 0. The second kappa shape index (κ2) is 4.02. The van der Waals surface area contributed by atoms with Crippen LogP contribution in [0.3, 0.4) is 0 Å². The molecule has 3 rings (SSSR count). The number of hydrogen-bond acceptors (Lipinski definition) is 1. The molecule has 0 saturated heterocycles. The Morgan fingerprint density at radius 2 is 1.82 bits per heavy atom. The number of carbonyl (C=O) groups excluding carboxylic acids is 1. The zero-order valence-corrected chi connectivity index (χ0v) is 10.5. The first-order valence-electron chi connectivity index (χ1n) is 6.34. The van der Waals surface area contributed by atoms with E-state index in [9.17, 15) is 4.79 Å². The highest BCUT2D eigenvalue weighted by Gasteiger charge is 2.46. The summed E-state index contributed by atoms with van der Waals surface area (Å²) in [7, 11) is 0. The van der Waals surface area contributed by atoms with Crippen molar-refractivity contribution in [3.05, 3.63) is 28.8 Å². The molecule has 17 heavy (non-hydrogen) atoms. The van der Waals surface area contributed by atoms with Crippen molar-refractivity contribution in [2.75, 3.05) is 5.32 Å². The Morgan fingerprint density at radius 3 is 2.53 bits per heavy atom. The molecule has 0 atom stereocenters. The summed E-state index contributed by atoms with van der Waals surface area (Å²) < 4.78 is 0. The fourth-order valence-corrected chi connectivity index (χ4v) is 3.39. The predicted octanol–water partition coefficient (Wildman–Crippen LogP) is 3.88. The molecule has 1 aliphatic heterocycles. The van der Waals surface area contributed by atoms with E-state index in [4.69, 9.17) is 11.6 Å². The highest BCUT2D eigenvalue weighted by atomic mass is 35.5. The summed E-state index contributed by atoms with van der Waals surface area (Å²) in [6, 6.07) is 5.74. The maximum Gasteiger partial charge on any atom is 0.235 e. The van der Waals surface area contributed by atoms with Gasteiger partial charge in [0.2, 0.25) is 5.91 Å². The van der Waals surface area contributed by atoms with Crippen LogP contribution >= 0.6 is 11.6 Å². The third-order valence-corrected chi connectivity index (χ3v) is 4.37. The van der Waals surface area contributed by atoms with E-state index in [2.05, 4.69) is 5.32 Å². The van der Waals surface area contributed by atoms with Gasteiger partial charge < -0.3 is 5.32 Å². The maximum atomic E-state index is 12.3. The lowest BCUT2D eigenvalue weighted by molar-refractivity contribution is -0.121. The van der Waals surface area contributed by atoms with Gasteiger partial charge >= 0.3 is 0 Å². The minimum atomic E-state index is -0.295. The van der Waals surface area contributed by atoms with E-state index in [0.29, 0.717) is 0 Å². The first-order chi connectivity index (χ1) is 8.22. The molecule has 1 heterocycles. The third kappa shape index (κ3) is 1.66. The van der Waals surface area contributed by atoms with Crippen LogP contribution in [0.25, 0.3) is 0 Å². The number of amides is 1. The van der Waals surface area contributed by atoms with Crippen molar-refractivity contribution < 1.29 is 4.79 Å². The van der Waals surface area contributed by atoms with Crippen molar-refractivity contribution in [3.63, 3.8) is 0 Å². The lowest BCUT2D eigenvalue weighted by Gasteiger charge is -2.25. The van der Waals surface area contributed by atoms with Crippen LogP contribution in [-0.2, 0) is 10.2 Å². The number of anilines is 1. The van der Waals surface area contributed by atoms with E-state index < -0.39 is 0 Å². The Balaban J connectivity index is 2.10. The highest BCUT2D eigenvalue weighted by Crippen LogP contribution is 2.47. The van der Waals surface area contributed by atoms with E-state index in [1.54, 1.807) is 0 Å². The van der Waals surface area contributed by atoms with E-state index in [1.165, 1.54) is 12.8 Å². The van der Waals surface area contributed by atoms with Crippen LogP contribution in [0.4, 0.5) is 5.69 Å². The van der Waals surface area contributed by atoms with E-state index in [1.807, 2.05) is 18.2 Å². The SMILES string of the molecule is O=C1Nc2ccc(Cl)cc2C12CCCCCC2. The summed E-state index contributed by atoms with van der Waals surface area (Å²) in [4.78, 5) is 12.3. The number of nitrogens with one attached hydrogen (secondary N) is 1. The molecule has 0 aromatic heterocycles. The molecule has 3 heteroatoms. The van der Waals surface area contributed by atoms with Crippen LogP contribution < -0.4 is 5.32 Å². The van der Waals surface area contributed by atoms with Crippen LogP contribution in [0.2, 0.25) is 5.02 Å². The van der Waals surface area contributed by atoms with Crippen molar-refractivity contribution in [1.29, 1.82) is 0 Å². The number of carbonyl (C=O) groups is 1. The topological polar surface area (TPSA) is 29.1 Å². The van der Waals surface area contributed by atoms with Gasteiger partial charge in [-0.1, -0.05) is 37.3 Å². The van der Waals surface area contributed by atoms with Gasteiger partial charge in [0.1, 0.15) is 0 Å². The molecule has 1 amide bonds. The van der Waals surface area contributed by atoms with Crippen molar-refractivity contribution >= 4 is 23.2 Å². The number of fused-ring (bicyclic) bond motifs is 2. The van der Waals surface area contributed by atoms with Crippen molar-refractivity contribution in [1.82, 2.24) is 0 Å². The lowest BCUT2D eigenvalue weighted by Crippen LogP contribution is -2.33. The molecule has 0 radical (unpaired) electrons. The van der Waals surface area contributed by atoms with Crippen molar-refractivity contribution in [2.45, 2.75) is 43.9 Å². The van der Waals surface area contributed by atoms with Gasteiger partial charge in [0.15, 0.2) is 0 Å². The average molecular weight is 250 g/mol. The highest BCUT2D eigenvalue weighted by molar-refractivity contribution is 6.31. The van der Waals surface area contributed by atoms with Crippen LogP contribution in [0.5, 0.6) is 0 Å². The van der Waals surface area contributed by atoms with Gasteiger partial charge in [0.25, 0.3) is 0 Å². The normalized spacial score (nSPS) is 22.1. The summed E-state index contributed by atoms with van der Waals surface area (Å²) in [5.74, 6) is 0.177. The summed E-state index contributed by atoms with van der Waals surface area (Å²) in [5, 5.41) is 3.74. The standard InChI is InChI=1S/C14H16ClNO/c15-10-5-6-12-11(9-10)14(13(17)16-12)7-3-1-2-4-8-14/h5-6,9H,1-4,7-8H2,(H,16,17).